The largest absolute Gasteiger partial charge is 0.398 e. The van der Waals surface area contributed by atoms with Crippen molar-refractivity contribution in [3.63, 3.8) is 0 Å². The zero-order valence-electron chi connectivity index (χ0n) is 10.6. The molecule has 1 aromatic heterocycles. The number of benzene rings is 1. The van der Waals surface area contributed by atoms with Gasteiger partial charge in [-0.15, -0.1) is 0 Å². The Kier molecular flexibility index (Phi) is 4.06. The third kappa shape index (κ3) is 3.06. The molecule has 0 aliphatic carbocycles. The van der Waals surface area contributed by atoms with Gasteiger partial charge in [-0.05, 0) is 12.1 Å². The third-order valence-corrected chi connectivity index (χ3v) is 3.14. The summed E-state index contributed by atoms with van der Waals surface area (Å²) in [5.74, 6) is 0.643. The molecule has 1 heterocycles. The molecule has 6 heteroatoms. The third-order valence-electron chi connectivity index (χ3n) is 2.83. The number of nitrogens with two attached hydrogens (primary N) is 1. The summed E-state index contributed by atoms with van der Waals surface area (Å²) in [5.41, 5.74) is 6.45. The first kappa shape index (κ1) is 13.4. The summed E-state index contributed by atoms with van der Waals surface area (Å²) >= 11 is 5.97. The quantitative estimate of drug-likeness (QED) is 0.835. The molecule has 100 valence electrons. The first-order chi connectivity index (χ1) is 9.09. The Hall–Kier alpha value is -2.01. The van der Waals surface area contributed by atoms with Gasteiger partial charge >= 0.3 is 0 Å². The molecular weight excluding hydrogens is 264 g/mol. The van der Waals surface area contributed by atoms with Gasteiger partial charge < -0.3 is 15.6 Å². The fraction of sp³-hybridized carbons (Fsp3) is 0.231. The SMILES string of the molecule is Cn1ccnc1CCNC(=O)c1c(N)cccc1Cl. The van der Waals surface area contributed by atoms with E-state index in [2.05, 4.69) is 10.3 Å². The molecule has 19 heavy (non-hydrogen) atoms. The lowest BCUT2D eigenvalue weighted by atomic mass is 10.1. The maximum absolute atomic E-state index is 12.0. The van der Waals surface area contributed by atoms with Gasteiger partial charge in [-0.25, -0.2) is 4.98 Å². The molecule has 2 aromatic rings. The standard InChI is InChI=1S/C13H15ClN4O/c1-18-8-7-16-11(18)5-6-17-13(19)12-9(14)3-2-4-10(12)15/h2-4,7-8H,5-6,15H2,1H3,(H,17,19). The van der Waals surface area contributed by atoms with Crippen LogP contribution in [-0.4, -0.2) is 22.0 Å². The molecule has 0 saturated carbocycles. The number of carbonyl (C=O) groups is 1. The average molecular weight is 279 g/mol. The fourth-order valence-corrected chi connectivity index (χ4v) is 2.06. The molecule has 0 spiro atoms. The monoisotopic (exact) mass is 278 g/mol. The first-order valence-corrected chi connectivity index (χ1v) is 6.26. The fourth-order valence-electron chi connectivity index (χ4n) is 1.79. The van der Waals surface area contributed by atoms with E-state index in [0.717, 1.165) is 5.82 Å². The Morgan fingerprint density at radius 1 is 1.53 bits per heavy atom. The summed E-state index contributed by atoms with van der Waals surface area (Å²) in [7, 11) is 1.91. The van der Waals surface area contributed by atoms with E-state index in [-0.39, 0.29) is 5.91 Å². The van der Waals surface area contributed by atoms with Crippen LogP contribution in [0.5, 0.6) is 0 Å². The zero-order chi connectivity index (χ0) is 13.8. The first-order valence-electron chi connectivity index (χ1n) is 5.88. The summed E-state index contributed by atoms with van der Waals surface area (Å²) in [6, 6.07) is 5.01. The van der Waals surface area contributed by atoms with Crippen molar-refractivity contribution in [1.82, 2.24) is 14.9 Å². The van der Waals surface area contributed by atoms with Crippen LogP contribution in [0.1, 0.15) is 16.2 Å². The lowest BCUT2D eigenvalue weighted by molar-refractivity contribution is 0.0955. The van der Waals surface area contributed by atoms with Gasteiger partial charge in [-0.2, -0.15) is 0 Å². The number of nitrogen functional groups attached to an aromatic ring is 1. The summed E-state index contributed by atoms with van der Waals surface area (Å²) in [6.45, 7) is 0.481. The summed E-state index contributed by atoms with van der Waals surface area (Å²) in [5, 5.41) is 3.15. The molecule has 0 radical (unpaired) electrons. The number of halogens is 1. The highest BCUT2D eigenvalue weighted by molar-refractivity contribution is 6.34. The van der Waals surface area contributed by atoms with E-state index in [9.17, 15) is 4.79 Å². The Labute approximate surface area is 116 Å². The van der Waals surface area contributed by atoms with Crippen molar-refractivity contribution < 1.29 is 4.79 Å². The molecule has 0 saturated heterocycles. The molecule has 2 rings (SSSR count). The van der Waals surface area contributed by atoms with E-state index in [1.807, 2.05) is 17.8 Å². The molecule has 1 amide bonds. The van der Waals surface area contributed by atoms with Crippen molar-refractivity contribution in [2.24, 2.45) is 7.05 Å². The van der Waals surface area contributed by atoms with Crippen LogP contribution in [0.4, 0.5) is 5.69 Å². The number of aryl methyl sites for hydroxylation is 1. The molecule has 5 nitrogen and oxygen atoms in total. The van der Waals surface area contributed by atoms with Crippen LogP contribution < -0.4 is 11.1 Å². The van der Waals surface area contributed by atoms with E-state index in [0.29, 0.717) is 29.2 Å². The van der Waals surface area contributed by atoms with Crippen molar-refractivity contribution in [2.45, 2.75) is 6.42 Å². The van der Waals surface area contributed by atoms with Crippen LogP contribution in [0.3, 0.4) is 0 Å². The normalized spacial score (nSPS) is 10.4. The molecule has 1 aromatic carbocycles. The topological polar surface area (TPSA) is 72.9 Å². The minimum Gasteiger partial charge on any atom is -0.398 e. The number of nitrogens with zero attached hydrogens (tertiary/aromatic N) is 2. The Balaban J connectivity index is 1.97. The van der Waals surface area contributed by atoms with E-state index >= 15 is 0 Å². The van der Waals surface area contributed by atoms with Crippen molar-refractivity contribution >= 4 is 23.2 Å². The van der Waals surface area contributed by atoms with Gasteiger partial charge in [0.1, 0.15) is 5.82 Å². The van der Waals surface area contributed by atoms with E-state index in [1.54, 1.807) is 24.4 Å². The highest BCUT2D eigenvalue weighted by Gasteiger charge is 2.13. The summed E-state index contributed by atoms with van der Waals surface area (Å²) in [4.78, 5) is 16.2. The van der Waals surface area contributed by atoms with Gasteiger partial charge in [0.2, 0.25) is 0 Å². The smallest absolute Gasteiger partial charge is 0.254 e. The second kappa shape index (κ2) is 5.75. The zero-order valence-corrected chi connectivity index (χ0v) is 11.3. The lowest BCUT2D eigenvalue weighted by Gasteiger charge is -2.09. The van der Waals surface area contributed by atoms with Gasteiger partial charge in [0, 0.05) is 38.1 Å². The minimum absolute atomic E-state index is 0.266. The number of hydrogen-bond acceptors (Lipinski definition) is 3. The average Bonchev–Trinajstić information content (AvgIpc) is 2.75. The molecule has 0 aliphatic heterocycles. The number of carbonyl (C=O) groups excluding carboxylic acids is 1. The van der Waals surface area contributed by atoms with Gasteiger partial charge in [0.15, 0.2) is 0 Å². The number of rotatable bonds is 4. The van der Waals surface area contributed by atoms with Crippen molar-refractivity contribution in [1.29, 1.82) is 0 Å². The highest BCUT2D eigenvalue weighted by atomic mass is 35.5. The molecule has 0 aliphatic rings. The maximum Gasteiger partial charge on any atom is 0.254 e. The second-order valence-electron chi connectivity index (χ2n) is 4.16. The molecule has 3 N–H and O–H groups in total. The van der Waals surface area contributed by atoms with Crippen LogP contribution >= 0.6 is 11.6 Å². The second-order valence-corrected chi connectivity index (χ2v) is 4.57. The maximum atomic E-state index is 12.0. The molecular formula is C13H15ClN4O. The lowest BCUT2D eigenvalue weighted by Crippen LogP contribution is -2.27. The number of hydrogen-bond donors (Lipinski definition) is 2. The molecule has 0 bridgehead atoms. The number of imidazole rings is 1. The molecule has 0 atom stereocenters. The number of aromatic nitrogens is 2. The van der Waals surface area contributed by atoms with Gasteiger partial charge in [0.05, 0.1) is 10.6 Å². The van der Waals surface area contributed by atoms with Gasteiger partial charge in [-0.3, -0.25) is 4.79 Å². The Morgan fingerprint density at radius 2 is 2.32 bits per heavy atom. The Morgan fingerprint density at radius 3 is 2.95 bits per heavy atom. The van der Waals surface area contributed by atoms with Crippen LogP contribution in [0.2, 0.25) is 5.02 Å². The van der Waals surface area contributed by atoms with E-state index < -0.39 is 0 Å². The minimum atomic E-state index is -0.266. The predicted octanol–water partition coefficient (Wildman–Crippen LogP) is 1.63. The van der Waals surface area contributed by atoms with E-state index in [4.69, 9.17) is 17.3 Å². The number of anilines is 1. The predicted molar refractivity (Wildman–Crippen MR) is 75.1 cm³/mol. The summed E-state index contributed by atoms with van der Waals surface area (Å²) in [6.07, 6.45) is 4.24. The van der Waals surface area contributed by atoms with E-state index in [1.165, 1.54) is 0 Å². The van der Waals surface area contributed by atoms with Crippen molar-refractivity contribution in [3.05, 3.63) is 47.0 Å². The molecule has 0 unspecified atom stereocenters. The molecule has 0 fully saturated rings. The van der Waals surface area contributed by atoms with Crippen LogP contribution in [-0.2, 0) is 13.5 Å². The van der Waals surface area contributed by atoms with Crippen LogP contribution in [0, 0.1) is 0 Å². The van der Waals surface area contributed by atoms with Gasteiger partial charge in [-0.1, -0.05) is 17.7 Å². The van der Waals surface area contributed by atoms with Crippen molar-refractivity contribution in [3.8, 4) is 0 Å². The number of amides is 1. The highest BCUT2D eigenvalue weighted by Crippen LogP contribution is 2.21. The van der Waals surface area contributed by atoms with Crippen LogP contribution in [0.15, 0.2) is 30.6 Å². The van der Waals surface area contributed by atoms with Gasteiger partial charge in [0.25, 0.3) is 5.91 Å². The van der Waals surface area contributed by atoms with Crippen LogP contribution in [0.25, 0.3) is 0 Å². The van der Waals surface area contributed by atoms with Crippen molar-refractivity contribution in [2.75, 3.05) is 12.3 Å². The Bertz CT molecular complexity index is 574. The summed E-state index contributed by atoms with van der Waals surface area (Å²) < 4.78 is 1.91. The number of nitrogens with one attached hydrogen (secondary N) is 1.